The second-order valence-electron chi connectivity index (χ2n) is 10.9. The second-order valence-corrected chi connectivity index (χ2v) is 10.9. The highest BCUT2D eigenvalue weighted by molar-refractivity contribution is 6.04. The Bertz CT molecular complexity index is 1030. The van der Waals surface area contributed by atoms with Crippen LogP contribution in [0.3, 0.4) is 0 Å². The summed E-state index contributed by atoms with van der Waals surface area (Å²) in [5, 5.41) is 7.00. The van der Waals surface area contributed by atoms with Gasteiger partial charge in [0.2, 0.25) is 0 Å². The fourth-order valence-corrected chi connectivity index (χ4v) is 6.00. The number of carbonyl (C=O) groups excluding carboxylic acids is 1. The van der Waals surface area contributed by atoms with E-state index in [1.807, 2.05) is 42.5 Å². The van der Waals surface area contributed by atoms with Crippen molar-refractivity contribution in [1.82, 2.24) is 10.6 Å². The number of rotatable bonds is 9. The van der Waals surface area contributed by atoms with Crippen molar-refractivity contribution in [2.75, 3.05) is 26.2 Å². The number of fused-ring (bicyclic) bond motifs is 1. The number of nitrogens with one attached hydrogen (secondary N) is 2. The van der Waals surface area contributed by atoms with Crippen molar-refractivity contribution < 1.29 is 19.0 Å². The lowest BCUT2D eigenvalue weighted by molar-refractivity contribution is 0.0891. The number of hydrogen-bond acceptors (Lipinski definition) is 6. The molecule has 0 radical (unpaired) electrons. The topological polar surface area (TPSA) is 68.8 Å². The molecule has 6 nitrogen and oxygen atoms in total. The van der Waals surface area contributed by atoms with Crippen molar-refractivity contribution in [3.05, 3.63) is 53.6 Å². The van der Waals surface area contributed by atoms with E-state index < -0.39 is 0 Å². The number of ketones is 1. The van der Waals surface area contributed by atoms with Gasteiger partial charge in [0, 0.05) is 12.1 Å². The molecule has 4 atom stereocenters. The Morgan fingerprint density at radius 3 is 2.49 bits per heavy atom. The predicted octanol–water partition coefficient (Wildman–Crippen LogP) is 5.50. The third-order valence-electron chi connectivity index (χ3n) is 8.23. The van der Waals surface area contributed by atoms with Gasteiger partial charge >= 0.3 is 0 Å². The summed E-state index contributed by atoms with van der Waals surface area (Å²) in [5.41, 5.74) is 1.59. The van der Waals surface area contributed by atoms with Gasteiger partial charge in [0.25, 0.3) is 0 Å². The van der Waals surface area contributed by atoms with Gasteiger partial charge in [-0.25, -0.2) is 0 Å². The molecule has 0 saturated carbocycles. The highest BCUT2D eigenvalue weighted by Crippen LogP contribution is 2.36. The van der Waals surface area contributed by atoms with Crippen LogP contribution in [0.15, 0.2) is 42.5 Å². The molecule has 0 aliphatic carbocycles. The molecule has 2 saturated heterocycles. The van der Waals surface area contributed by atoms with Crippen LogP contribution in [0.4, 0.5) is 0 Å². The monoisotopic (exact) mass is 506 g/mol. The Morgan fingerprint density at radius 2 is 1.76 bits per heavy atom. The maximum Gasteiger partial charge on any atom is 0.177 e. The number of carbonyl (C=O) groups is 1. The van der Waals surface area contributed by atoms with Gasteiger partial charge in [0.15, 0.2) is 5.78 Å². The molecule has 0 spiro atoms. The fourth-order valence-electron chi connectivity index (χ4n) is 6.00. The lowest BCUT2D eigenvalue weighted by Gasteiger charge is -2.31. The molecule has 3 heterocycles. The summed E-state index contributed by atoms with van der Waals surface area (Å²) in [6, 6.07) is 14.1. The Hall–Kier alpha value is -2.57. The lowest BCUT2D eigenvalue weighted by Crippen LogP contribution is -2.44. The molecule has 2 N–H and O–H groups in total. The second kappa shape index (κ2) is 12.3. The Balaban J connectivity index is 1.22. The first kappa shape index (κ1) is 26.1. The maximum atomic E-state index is 13.4. The molecule has 3 aliphatic heterocycles. The van der Waals surface area contributed by atoms with Crippen LogP contribution in [0.1, 0.15) is 80.6 Å². The van der Waals surface area contributed by atoms with Crippen LogP contribution in [-0.4, -0.2) is 50.3 Å². The van der Waals surface area contributed by atoms with Gasteiger partial charge in [-0.1, -0.05) is 31.9 Å². The van der Waals surface area contributed by atoms with Gasteiger partial charge in [0.05, 0.1) is 11.5 Å². The van der Waals surface area contributed by atoms with Crippen LogP contribution in [-0.2, 0) is 0 Å². The average molecular weight is 507 g/mol. The van der Waals surface area contributed by atoms with Gasteiger partial charge in [0.1, 0.15) is 36.1 Å². The normalized spacial score (nSPS) is 24.0. The Morgan fingerprint density at radius 1 is 0.973 bits per heavy atom. The molecule has 2 aromatic carbocycles. The molecule has 0 aromatic heterocycles. The zero-order valence-corrected chi connectivity index (χ0v) is 22.3. The van der Waals surface area contributed by atoms with E-state index in [4.69, 9.17) is 14.2 Å². The summed E-state index contributed by atoms with van der Waals surface area (Å²) >= 11 is 0. The van der Waals surface area contributed by atoms with Crippen LogP contribution >= 0.6 is 0 Å². The molecule has 0 bridgehead atoms. The summed E-state index contributed by atoms with van der Waals surface area (Å²) in [7, 11) is 0. The van der Waals surface area contributed by atoms with Crippen molar-refractivity contribution in [3.8, 4) is 17.2 Å². The molecule has 3 aliphatic rings. The van der Waals surface area contributed by atoms with E-state index in [0.29, 0.717) is 29.9 Å². The minimum atomic E-state index is -0.312. The van der Waals surface area contributed by atoms with E-state index in [1.165, 1.54) is 12.8 Å². The largest absolute Gasteiger partial charge is 0.492 e. The fraction of sp³-hybridized carbons (Fsp3) is 0.581. The van der Waals surface area contributed by atoms with E-state index in [0.717, 1.165) is 68.8 Å². The van der Waals surface area contributed by atoms with E-state index in [-0.39, 0.29) is 23.9 Å². The van der Waals surface area contributed by atoms with Gasteiger partial charge in [-0.05, 0) is 94.4 Å². The highest BCUT2D eigenvalue weighted by atomic mass is 16.5. The van der Waals surface area contributed by atoms with Crippen LogP contribution in [0, 0.1) is 5.92 Å². The van der Waals surface area contributed by atoms with Crippen LogP contribution < -0.4 is 24.8 Å². The number of ether oxygens (including phenoxy) is 3. The molecule has 2 fully saturated rings. The number of benzene rings is 2. The molecule has 37 heavy (non-hydrogen) atoms. The first-order chi connectivity index (χ1) is 18.1. The molecule has 2 aromatic rings. The SMILES string of the molecule is CCCC(Oc1ccc2c(c1)OCC(c1ccc(OC(C)C3CCCCN3)cc1)C2=O)C1CCNCC1. The van der Waals surface area contributed by atoms with Crippen molar-refractivity contribution in [1.29, 1.82) is 0 Å². The predicted molar refractivity (Wildman–Crippen MR) is 146 cm³/mol. The van der Waals surface area contributed by atoms with E-state index in [9.17, 15) is 4.79 Å². The van der Waals surface area contributed by atoms with Gasteiger partial charge in [-0.2, -0.15) is 0 Å². The molecule has 0 amide bonds. The zero-order chi connectivity index (χ0) is 25.6. The summed E-state index contributed by atoms with van der Waals surface area (Å²) in [4.78, 5) is 13.4. The van der Waals surface area contributed by atoms with E-state index in [1.54, 1.807) is 0 Å². The quantitative estimate of drug-likeness (QED) is 0.468. The van der Waals surface area contributed by atoms with Crippen LogP contribution in [0.2, 0.25) is 0 Å². The summed E-state index contributed by atoms with van der Waals surface area (Å²) in [6.07, 6.45) is 8.38. The first-order valence-electron chi connectivity index (χ1n) is 14.3. The van der Waals surface area contributed by atoms with Crippen molar-refractivity contribution >= 4 is 5.78 Å². The lowest BCUT2D eigenvalue weighted by atomic mass is 9.88. The van der Waals surface area contributed by atoms with Crippen molar-refractivity contribution in [3.63, 3.8) is 0 Å². The van der Waals surface area contributed by atoms with Gasteiger partial charge < -0.3 is 24.8 Å². The Labute approximate surface area is 221 Å². The van der Waals surface area contributed by atoms with Gasteiger partial charge in [-0.3, -0.25) is 4.79 Å². The Kier molecular flexibility index (Phi) is 8.67. The number of hydrogen-bond donors (Lipinski definition) is 2. The molecular weight excluding hydrogens is 464 g/mol. The molecular formula is C31H42N2O4. The molecule has 4 unspecified atom stereocenters. The van der Waals surface area contributed by atoms with Crippen LogP contribution in [0.5, 0.6) is 17.2 Å². The summed E-state index contributed by atoms with van der Waals surface area (Å²) in [6.45, 7) is 7.85. The van der Waals surface area contributed by atoms with Crippen LogP contribution in [0.25, 0.3) is 0 Å². The minimum absolute atomic E-state index is 0.102. The van der Waals surface area contributed by atoms with E-state index in [2.05, 4.69) is 24.5 Å². The standard InChI is InChI=1S/C31H42N2O4/c1-3-6-29(23-14-17-32-18-15-23)37-25-12-13-26-30(19-25)35-20-27(31(26)34)22-8-10-24(11-9-22)36-21(2)28-7-4-5-16-33-28/h8-13,19,21,23,27-29,32-33H,3-7,14-18,20H2,1-2H3. The zero-order valence-electron chi connectivity index (χ0n) is 22.3. The van der Waals surface area contributed by atoms with Crippen molar-refractivity contribution in [2.45, 2.75) is 83.0 Å². The summed E-state index contributed by atoms with van der Waals surface area (Å²) in [5.74, 6) is 2.62. The van der Waals surface area contributed by atoms with Crippen molar-refractivity contribution in [2.24, 2.45) is 5.92 Å². The summed E-state index contributed by atoms with van der Waals surface area (Å²) < 4.78 is 18.8. The maximum absolute atomic E-state index is 13.4. The number of Topliss-reactive ketones (excluding diaryl/α,β-unsaturated/α-hetero) is 1. The minimum Gasteiger partial charge on any atom is -0.492 e. The number of piperidine rings is 2. The van der Waals surface area contributed by atoms with Gasteiger partial charge in [-0.15, -0.1) is 0 Å². The average Bonchev–Trinajstić information content (AvgIpc) is 2.94. The third-order valence-corrected chi connectivity index (χ3v) is 8.23. The van der Waals surface area contributed by atoms with E-state index >= 15 is 0 Å². The molecule has 200 valence electrons. The smallest absolute Gasteiger partial charge is 0.177 e. The third kappa shape index (κ3) is 6.29. The highest BCUT2D eigenvalue weighted by Gasteiger charge is 2.31. The molecule has 5 rings (SSSR count). The first-order valence-corrected chi connectivity index (χ1v) is 14.3. The molecule has 6 heteroatoms.